The van der Waals surface area contributed by atoms with Crippen LogP contribution in [0.4, 0.5) is 0 Å². The van der Waals surface area contributed by atoms with E-state index < -0.39 is 0 Å². The van der Waals surface area contributed by atoms with Crippen molar-refractivity contribution in [3.8, 4) is 0 Å². The number of rotatable bonds is 23. The Hall–Kier alpha value is -0.830. The highest BCUT2D eigenvalue weighted by atomic mass is 16.5. The zero-order valence-electron chi connectivity index (χ0n) is 21.6. The Morgan fingerprint density at radius 3 is 1.65 bits per heavy atom. The first kappa shape index (κ1) is 30.2. The lowest BCUT2D eigenvalue weighted by Crippen LogP contribution is -2.27. The molecule has 0 radical (unpaired) electrons. The van der Waals surface area contributed by atoms with E-state index in [0.717, 1.165) is 18.9 Å². The lowest BCUT2D eigenvalue weighted by molar-refractivity contribution is -0.140. The zero-order chi connectivity index (χ0) is 23.0. The monoisotopic (exact) mass is 437 g/mol. The van der Waals surface area contributed by atoms with E-state index in [1.807, 2.05) is 0 Å². The standard InChI is InChI=1S/C28H55NO2/c1-5-6-7-21-24-27(29(2)3)25-22-19-17-15-13-11-9-8-10-12-14-16-18-20-23-26-28(30)31-4/h8,10,27H,5-7,9,11-26H2,1-4H3. The quantitative estimate of drug-likeness (QED) is 0.0911. The molecule has 31 heavy (non-hydrogen) atoms. The second kappa shape index (κ2) is 23.8. The van der Waals surface area contributed by atoms with Crippen LogP contribution in [0.5, 0.6) is 0 Å². The summed E-state index contributed by atoms with van der Waals surface area (Å²) in [6.07, 6.45) is 30.4. The second-order valence-electron chi connectivity index (χ2n) is 9.52. The van der Waals surface area contributed by atoms with Crippen LogP contribution in [0.1, 0.15) is 135 Å². The molecule has 1 unspecified atom stereocenters. The fourth-order valence-corrected chi connectivity index (χ4v) is 4.22. The van der Waals surface area contributed by atoms with Gasteiger partial charge in [-0.05, 0) is 59.0 Å². The molecular formula is C28H55NO2. The largest absolute Gasteiger partial charge is 0.469 e. The third-order valence-corrected chi connectivity index (χ3v) is 6.43. The van der Waals surface area contributed by atoms with Gasteiger partial charge in [0.25, 0.3) is 0 Å². The van der Waals surface area contributed by atoms with Gasteiger partial charge in [-0.1, -0.05) is 96.1 Å². The number of hydrogen-bond acceptors (Lipinski definition) is 3. The number of unbranched alkanes of at least 4 members (excludes halogenated alkanes) is 14. The minimum Gasteiger partial charge on any atom is -0.469 e. The fraction of sp³-hybridized carbons (Fsp3) is 0.893. The summed E-state index contributed by atoms with van der Waals surface area (Å²) >= 11 is 0. The van der Waals surface area contributed by atoms with Crippen LogP contribution in [0, 0.1) is 0 Å². The summed E-state index contributed by atoms with van der Waals surface area (Å²) in [5, 5.41) is 0. The van der Waals surface area contributed by atoms with E-state index >= 15 is 0 Å². The predicted molar refractivity (Wildman–Crippen MR) is 137 cm³/mol. The van der Waals surface area contributed by atoms with Gasteiger partial charge in [0.2, 0.25) is 0 Å². The van der Waals surface area contributed by atoms with Crippen molar-refractivity contribution < 1.29 is 9.53 Å². The summed E-state index contributed by atoms with van der Waals surface area (Å²) in [4.78, 5) is 13.5. The van der Waals surface area contributed by atoms with Crippen molar-refractivity contribution in [2.75, 3.05) is 21.2 Å². The summed E-state index contributed by atoms with van der Waals surface area (Å²) in [5.41, 5.74) is 0. The smallest absolute Gasteiger partial charge is 0.305 e. The van der Waals surface area contributed by atoms with Gasteiger partial charge in [0, 0.05) is 12.5 Å². The molecule has 1 atom stereocenters. The lowest BCUT2D eigenvalue weighted by Gasteiger charge is -2.24. The number of esters is 1. The highest BCUT2D eigenvalue weighted by Crippen LogP contribution is 2.17. The number of methoxy groups -OCH3 is 1. The zero-order valence-corrected chi connectivity index (χ0v) is 21.6. The van der Waals surface area contributed by atoms with Gasteiger partial charge >= 0.3 is 5.97 Å². The van der Waals surface area contributed by atoms with E-state index in [1.54, 1.807) is 0 Å². The van der Waals surface area contributed by atoms with Gasteiger partial charge in [0.1, 0.15) is 0 Å². The van der Waals surface area contributed by atoms with Crippen molar-refractivity contribution in [2.45, 2.75) is 141 Å². The van der Waals surface area contributed by atoms with Gasteiger partial charge in [0.15, 0.2) is 0 Å². The Kier molecular flexibility index (Phi) is 23.2. The molecule has 0 aromatic carbocycles. The van der Waals surface area contributed by atoms with Crippen molar-refractivity contribution in [3.63, 3.8) is 0 Å². The summed E-state index contributed by atoms with van der Waals surface area (Å²) in [6, 6.07) is 0.793. The van der Waals surface area contributed by atoms with Crippen molar-refractivity contribution >= 4 is 5.97 Å². The minimum atomic E-state index is -0.0749. The maximum absolute atomic E-state index is 11.0. The number of carbonyl (C=O) groups excluding carboxylic acids is 1. The summed E-state index contributed by atoms with van der Waals surface area (Å²) < 4.78 is 4.66. The summed E-state index contributed by atoms with van der Waals surface area (Å²) in [5.74, 6) is -0.0749. The number of allylic oxidation sites excluding steroid dienone is 2. The molecule has 3 nitrogen and oxygen atoms in total. The molecule has 0 aromatic heterocycles. The number of carbonyl (C=O) groups is 1. The summed E-state index contributed by atoms with van der Waals surface area (Å²) in [6.45, 7) is 2.29. The van der Waals surface area contributed by atoms with Crippen LogP contribution in [-0.4, -0.2) is 38.1 Å². The minimum absolute atomic E-state index is 0.0749. The van der Waals surface area contributed by atoms with E-state index in [4.69, 9.17) is 0 Å². The van der Waals surface area contributed by atoms with Crippen molar-refractivity contribution in [3.05, 3.63) is 12.2 Å². The van der Waals surface area contributed by atoms with Crippen LogP contribution in [-0.2, 0) is 9.53 Å². The molecule has 0 N–H and O–H groups in total. The molecule has 0 fully saturated rings. The van der Waals surface area contributed by atoms with Crippen molar-refractivity contribution in [1.29, 1.82) is 0 Å². The van der Waals surface area contributed by atoms with E-state index in [2.05, 4.69) is 42.8 Å². The van der Waals surface area contributed by atoms with Gasteiger partial charge in [-0.3, -0.25) is 4.79 Å². The first-order valence-corrected chi connectivity index (χ1v) is 13.5. The van der Waals surface area contributed by atoms with Gasteiger partial charge in [-0.2, -0.15) is 0 Å². The SMILES string of the molecule is CCCCCCC(CCCCCCCCC=CCCCCCCCC(=O)OC)N(C)C. The Balaban J connectivity index is 3.38. The maximum Gasteiger partial charge on any atom is 0.305 e. The molecule has 0 saturated carbocycles. The molecule has 0 aliphatic rings. The topological polar surface area (TPSA) is 29.5 Å². The predicted octanol–water partition coefficient (Wildman–Crippen LogP) is 8.47. The average molecular weight is 438 g/mol. The van der Waals surface area contributed by atoms with Crippen LogP contribution in [0.15, 0.2) is 12.2 Å². The third-order valence-electron chi connectivity index (χ3n) is 6.43. The highest BCUT2D eigenvalue weighted by Gasteiger charge is 2.10. The molecule has 0 amide bonds. The molecule has 0 rings (SSSR count). The molecule has 0 bridgehead atoms. The Labute approximate surface area is 195 Å². The van der Waals surface area contributed by atoms with Crippen LogP contribution >= 0.6 is 0 Å². The highest BCUT2D eigenvalue weighted by molar-refractivity contribution is 5.68. The van der Waals surface area contributed by atoms with E-state index in [1.165, 1.54) is 116 Å². The van der Waals surface area contributed by atoms with Gasteiger partial charge in [0.05, 0.1) is 7.11 Å². The van der Waals surface area contributed by atoms with Crippen LogP contribution in [0.3, 0.4) is 0 Å². The first-order chi connectivity index (χ1) is 15.1. The van der Waals surface area contributed by atoms with Gasteiger partial charge in [-0.15, -0.1) is 0 Å². The second-order valence-corrected chi connectivity index (χ2v) is 9.52. The number of ether oxygens (including phenoxy) is 1. The van der Waals surface area contributed by atoms with E-state index in [-0.39, 0.29) is 5.97 Å². The maximum atomic E-state index is 11.0. The molecule has 0 aliphatic carbocycles. The summed E-state index contributed by atoms with van der Waals surface area (Å²) in [7, 11) is 5.98. The number of nitrogens with zero attached hydrogens (tertiary/aromatic N) is 1. The fourth-order valence-electron chi connectivity index (χ4n) is 4.22. The molecule has 0 aliphatic heterocycles. The van der Waals surface area contributed by atoms with Gasteiger partial charge in [-0.25, -0.2) is 0 Å². The van der Waals surface area contributed by atoms with Crippen LogP contribution < -0.4 is 0 Å². The Morgan fingerprint density at radius 1 is 0.710 bits per heavy atom. The molecule has 0 saturated heterocycles. The average Bonchev–Trinajstić information content (AvgIpc) is 2.76. The Morgan fingerprint density at radius 2 is 1.16 bits per heavy atom. The third kappa shape index (κ3) is 22.2. The molecule has 184 valence electrons. The van der Waals surface area contributed by atoms with Crippen LogP contribution in [0.25, 0.3) is 0 Å². The molecule has 0 heterocycles. The van der Waals surface area contributed by atoms with E-state index in [9.17, 15) is 4.79 Å². The lowest BCUT2D eigenvalue weighted by atomic mass is 9.99. The van der Waals surface area contributed by atoms with E-state index in [0.29, 0.717) is 6.42 Å². The number of hydrogen-bond donors (Lipinski definition) is 0. The molecule has 0 aromatic rings. The van der Waals surface area contributed by atoms with Crippen LogP contribution in [0.2, 0.25) is 0 Å². The van der Waals surface area contributed by atoms with Crippen molar-refractivity contribution in [1.82, 2.24) is 4.90 Å². The molecule has 0 spiro atoms. The van der Waals surface area contributed by atoms with Crippen molar-refractivity contribution in [2.24, 2.45) is 0 Å². The Bertz CT molecular complexity index is 406. The molecule has 3 heteroatoms. The molecular weight excluding hydrogens is 382 g/mol. The first-order valence-electron chi connectivity index (χ1n) is 13.5. The normalized spacial score (nSPS) is 12.7. The van der Waals surface area contributed by atoms with Gasteiger partial charge < -0.3 is 9.64 Å².